The van der Waals surface area contributed by atoms with Gasteiger partial charge in [0.05, 0.1) is 37.0 Å². The van der Waals surface area contributed by atoms with Gasteiger partial charge in [-0.15, -0.1) is 0 Å². The molecule has 1 atom stereocenters. The molecule has 1 N–H and O–H groups in total. The molecular formula is C16H17F3N2O3. The van der Waals surface area contributed by atoms with Gasteiger partial charge in [-0.25, -0.2) is 0 Å². The van der Waals surface area contributed by atoms with Crippen LogP contribution in [0.15, 0.2) is 18.2 Å². The predicted molar refractivity (Wildman–Crippen MR) is 78.3 cm³/mol. The molecule has 2 saturated heterocycles. The van der Waals surface area contributed by atoms with Gasteiger partial charge >= 0.3 is 6.18 Å². The van der Waals surface area contributed by atoms with Crippen molar-refractivity contribution in [1.29, 1.82) is 5.26 Å². The Labute approximate surface area is 137 Å². The second-order valence-corrected chi connectivity index (χ2v) is 5.82. The van der Waals surface area contributed by atoms with Crippen LogP contribution in [0, 0.1) is 11.3 Å². The minimum absolute atomic E-state index is 0.198. The topological polar surface area (TPSA) is 63.5 Å². The van der Waals surface area contributed by atoms with Gasteiger partial charge in [-0.3, -0.25) is 0 Å². The molecule has 0 radical (unpaired) electrons. The van der Waals surface area contributed by atoms with E-state index in [1.165, 1.54) is 12.1 Å². The fraction of sp³-hybridized carbons (Fsp3) is 0.562. The lowest BCUT2D eigenvalue weighted by Gasteiger charge is -2.31. The SMILES string of the molecule is N#Cc1cc(NCC2COC3(CCOCC3)O2)ccc1C(F)(F)F. The maximum atomic E-state index is 12.8. The van der Waals surface area contributed by atoms with E-state index in [1.54, 1.807) is 6.07 Å². The number of alkyl halides is 3. The Balaban J connectivity index is 1.60. The molecule has 3 rings (SSSR count). The monoisotopic (exact) mass is 342 g/mol. The van der Waals surface area contributed by atoms with Gasteiger partial charge in [0.1, 0.15) is 6.10 Å². The second-order valence-electron chi connectivity index (χ2n) is 5.82. The molecule has 24 heavy (non-hydrogen) atoms. The van der Waals surface area contributed by atoms with E-state index in [0.717, 1.165) is 6.07 Å². The van der Waals surface area contributed by atoms with Crippen molar-refractivity contribution in [3.8, 4) is 6.07 Å². The Morgan fingerprint density at radius 2 is 2.04 bits per heavy atom. The van der Waals surface area contributed by atoms with Crippen molar-refractivity contribution >= 4 is 5.69 Å². The van der Waals surface area contributed by atoms with Crippen LogP contribution in [0.1, 0.15) is 24.0 Å². The Bertz CT molecular complexity index is 636. The Kier molecular flexibility index (Phi) is 4.67. The van der Waals surface area contributed by atoms with E-state index in [1.807, 2.05) is 0 Å². The molecule has 8 heteroatoms. The van der Waals surface area contributed by atoms with E-state index in [2.05, 4.69) is 5.32 Å². The molecule has 1 unspecified atom stereocenters. The third-order valence-corrected chi connectivity index (χ3v) is 4.15. The van der Waals surface area contributed by atoms with Gasteiger partial charge in [-0.1, -0.05) is 0 Å². The summed E-state index contributed by atoms with van der Waals surface area (Å²) in [4.78, 5) is 0. The first-order valence-corrected chi connectivity index (χ1v) is 7.67. The summed E-state index contributed by atoms with van der Waals surface area (Å²) in [7, 11) is 0. The highest BCUT2D eigenvalue weighted by Gasteiger charge is 2.42. The largest absolute Gasteiger partial charge is 0.417 e. The number of ether oxygens (including phenoxy) is 3. The van der Waals surface area contributed by atoms with Crippen molar-refractivity contribution in [2.75, 3.05) is 31.7 Å². The minimum atomic E-state index is -4.54. The van der Waals surface area contributed by atoms with Crippen LogP contribution in [-0.4, -0.2) is 38.3 Å². The molecule has 1 aromatic rings. The van der Waals surface area contributed by atoms with Gasteiger partial charge in [0.15, 0.2) is 5.79 Å². The standard InChI is InChI=1S/C16H17F3N2O3/c17-16(18,19)14-2-1-12(7-11(14)8-20)21-9-13-10-23-15(24-13)3-5-22-6-4-15/h1-2,7,13,21H,3-6,9-10H2. The molecule has 2 heterocycles. The number of nitrogens with one attached hydrogen (secondary N) is 1. The molecule has 0 saturated carbocycles. The summed E-state index contributed by atoms with van der Waals surface area (Å²) in [5.41, 5.74) is -0.898. The fourth-order valence-electron chi connectivity index (χ4n) is 2.89. The lowest BCUT2D eigenvalue weighted by Crippen LogP contribution is -2.38. The summed E-state index contributed by atoms with van der Waals surface area (Å²) < 4.78 is 55.3. The van der Waals surface area contributed by atoms with Crippen LogP contribution in [0.5, 0.6) is 0 Å². The highest BCUT2D eigenvalue weighted by molar-refractivity contribution is 5.53. The van der Waals surface area contributed by atoms with E-state index in [9.17, 15) is 13.2 Å². The van der Waals surface area contributed by atoms with Crippen LogP contribution in [0.2, 0.25) is 0 Å². The van der Waals surface area contributed by atoms with E-state index in [-0.39, 0.29) is 6.10 Å². The molecule has 2 fully saturated rings. The van der Waals surface area contributed by atoms with Crippen molar-refractivity contribution < 1.29 is 27.4 Å². The van der Waals surface area contributed by atoms with Gasteiger partial charge in [0.25, 0.3) is 0 Å². The zero-order chi connectivity index (χ0) is 17.2. The highest BCUT2D eigenvalue weighted by atomic mass is 19.4. The first-order chi connectivity index (χ1) is 11.4. The van der Waals surface area contributed by atoms with Gasteiger partial charge in [0, 0.05) is 25.1 Å². The van der Waals surface area contributed by atoms with E-state index < -0.39 is 23.1 Å². The molecule has 1 aromatic carbocycles. The Morgan fingerprint density at radius 3 is 2.71 bits per heavy atom. The van der Waals surface area contributed by atoms with Crippen molar-refractivity contribution in [1.82, 2.24) is 0 Å². The van der Waals surface area contributed by atoms with Crippen molar-refractivity contribution in [2.45, 2.75) is 30.9 Å². The zero-order valence-electron chi connectivity index (χ0n) is 12.9. The molecule has 5 nitrogen and oxygen atoms in total. The Morgan fingerprint density at radius 1 is 1.29 bits per heavy atom. The summed E-state index contributed by atoms with van der Waals surface area (Å²) in [6.45, 7) is 1.98. The maximum Gasteiger partial charge on any atom is 0.417 e. The summed E-state index contributed by atoms with van der Waals surface area (Å²) in [5.74, 6) is -0.595. The highest BCUT2D eigenvalue weighted by Crippen LogP contribution is 2.34. The normalized spacial score (nSPS) is 23.2. The molecule has 1 spiro atoms. The fourth-order valence-corrected chi connectivity index (χ4v) is 2.89. The molecule has 0 bridgehead atoms. The van der Waals surface area contributed by atoms with Crippen LogP contribution in [0.4, 0.5) is 18.9 Å². The van der Waals surface area contributed by atoms with Crippen LogP contribution < -0.4 is 5.32 Å². The Hall–Kier alpha value is -1.82. The average molecular weight is 342 g/mol. The molecule has 0 aromatic heterocycles. The lowest BCUT2D eigenvalue weighted by atomic mass is 10.1. The summed E-state index contributed by atoms with van der Waals surface area (Å²) in [6, 6.07) is 5.00. The molecule has 2 aliphatic heterocycles. The number of halogens is 3. The number of hydrogen-bond acceptors (Lipinski definition) is 5. The van der Waals surface area contributed by atoms with E-state index >= 15 is 0 Å². The molecule has 0 aliphatic carbocycles. The van der Waals surface area contributed by atoms with Gasteiger partial charge < -0.3 is 19.5 Å². The van der Waals surface area contributed by atoms with E-state index in [0.29, 0.717) is 44.9 Å². The lowest BCUT2D eigenvalue weighted by molar-refractivity contribution is -0.209. The smallest absolute Gasteiger partial charge is 0.382 e. The zero-order valence-corrected chi connectivity index (χ0v) is 12.9. The summed E-state index contributed by atoms with van der Waals surface area (Å²) in [6.07, 6.45) is -3.40. The van der Waals surface area contributed by atoms with Crippen LogP contribution in [0.25, 0.3) is 0 Å². The summed E-state index contributed by atoms with van der Waals surface area (Å²) >= 11 is 0. The third kappa shape index (κ3) is 3.64. The number of nitrogens with zero attached hydrogens (tertiary/aromatic N) is 1. The first-order valence-electron chi connectivity index (χ1n) is 7.67. The van der Waals surface area contributed by atoms with Crippen LogP contribution in [-0.2, 0) is 20.4 Å². The predicted octanol–water partition coefficient (Wildman–Crippen LogP) is 2.91. The number of rotatable bonds is 3. The quantitative estimate of drug-likeness (QED) is 0.915. The average Bonchev–Trinajstić information content (AvgIpc) is 2.95. The third-order valence-electron chi connectivity index (χ3n) is 4.15. The molecule has 130 valence electrons. The molecule has 2 aliphatic rings. The van der Waals surface area contributed by atoms with E-state index in [4.69, 9.17) is 19.5 Å². The van der Waals surface area contributed by atoms with Crippen LogP contribution >= 0.6 is 0 Å². The molecular weight excluding hydrogens is 325 g/mol. The number of anilines is 1. The van der Waals surface area contributed by atoms with Gasteiger partial charge in [-0.2, -0.15) is 18.4 Å². The molecule has 0 amide bonds. The van der Waals surface area contributed by atoms with Crippen molar-refractivity contribution in [3.63, 3.8) is 0 Å². The second kappa shape index (κ2) is 6.59. The van der Waals surface area contributed by atoms with Crippen molar-refractivity contribution in [3.05, 3.63) is 29.3 Å². The number of nitriles is 1. The van der Waals surface area contributed by atoms with Gasteiger partial charge in [0.2, 0.25) is 0 Å². The maximum absolute atomic E-state index is 12.8. The minimum Gasteiger partial charge on any atom is -0.382 e. The van der Waals surface area contributed by atoms with Crippen LogP contribution in [0.3, 0.4) is 0 Å². The number of benzene rings is 1. The van der Waals surface area contributed by atoms with Gasteiger partial charge in [-0.05, 0) is 18.2 Å². The number of hydrogen-bond donors (Lipinski definition) is 1. The first kappa shape index (κ1) is 17.0. The summed E-state index contributed by atoms with van der Waals surface area (Å²) in [5, 5.41) is 11.9. The van der Waals surface area contributed by atoms with Crippen molar-refractivity contribution in [2.24, 2.45) is 0 Å².